The normalized spacial score (nSPS) is 13.8. The summed E-state index contributed by atoms with van der Waals surface area (Å²) in [6, 6.07) is 3.69. The highest BCUT2D eigenvalue weighted by molar-refractivity contribution is 7.18. The van der Waals surface area contributed by atoms with Crippen LogP contribution in [0, 0.1) is 6.92 Å². The Hall–Kier alpha value is -1.66. The fraction of sp³-hybridized carbons (Fsp3) is 0.333. The Bertz CT molecular complexity index is 691. The largest absolute Gasteiger partial charge is 0.477 e. The lowest BCUT2D eigenvalue weighted by atomic mass is 9.99. The second kappa shape index (κ2) is 5.61. The zero-order valence-electron chi connectivity index (χ0n) is 11.6. The lowest BCUT2D eigenvalue weighted by molar-refractivity contribution is 0.0701. The molecule has 0 spiro atoms. The van der Waals surface area contributed by atoms with Crippen molar-refractivity contribution in [3.63, 3.8) is 0 Å². The first-order valence-electron chi connectivity index (χ1n) is 6.81. The zero-order chi connectivity index (χ0) is 15.0. The van der Waals surface area contributed by atoms with Crippen molar-refractivity contribution in [1.29, 1.82) is 0 Å². The maximum Gasteiger partial charge on any atom is 0.346 e. The minimum absolute atomic E-state index is 0.146. The van der Waals surface area contributed by atoms with E-state index in [1.165, 1.54) is 23.3 Å². The van der Waals surface area contributed by atoms with E-state index >= 15 is 0 Å². The van der Waals surface area contributed by atoms with E-state index in [-0.39, 0.29) is 10.8 Å². The van der Waals surface area contributed by atoms with E-state index in [0.717, 1.165) is 24.2 Å². The number of anilines is 1. The summed E-state index contributed by atoms with van der Waals surface area (Å²) in [5.74, 6) is -1.10. The number of carboxylic acids is 1. The minimum atomic E-state index is -0.954. The standard InChI is InChI=1S/C15H15NO3S2/c1-8-6-12(21-13(8)15(18)19)16-14(17)11-7-9-4-2-3-5-10(9)20-11/h6-7H,2-5H2,1H3,(H,16,17)(H,18,19). The number of thiophene rings is 2. The van der Waals surface area contributed by atoms with E-state index in [1.807, 2.05) is 6.07 Å². The maximum absolute atomic E-state index is 12.3. The molecule has 1 aliphatic carbocycles. The van der Waals surface area contributed by atoms with Crippen molar-refractivity contribution >= 4 is 39.6 Å². The number of aromatic carboxylic acids is 1. The van der Waals surface area contributed by atoms with Crippen molar-refractivity contribution in [2.75, 3.05) is 5.32 Å². The molecule has 0 aliphatic heterocycles. The molecule has 2 aromatic heterocycles. The van der Waals surface area contributed by atoms with Crippen LogP contribution in [0.3, 0.4) is 0 Å². The Morgan fingerprint density at radius 2 is 1.95 bits per heavy atom. The third-order valence-corrected chi connectivity index (χ3v) is 5.95. The Labute approximate surface area is 130 Å². The second-order valence-electron chi connectivity index (χ2n) is 5.15. The van der Waals surface area contributed by atoms with Gasteiger partial charge in [0.2, 0.25) is 0 Å². The number of fused-ring (bicyclic) bond motifs is 1. The van der Waals surface area contributed by atoms with E-state index in [0.29, 0.717) is 15.4 Å². The molecule has 0 aromatic carbocycles. The number of carboxylic acid groups (broad SMARTS) is 1. The first-order valence-corrected chi connectivity index (χ1v) is 8.44. The molecule has 0 saturated heterocycles. The van der Waals surface area contributed by atoms with Crippen LogP contribution in [0.4, 0.5) is 5.00 Å². The molecule has 0 radical (unpaired) electrons. The molecule has 21 heavy (non-hydrogen) atoms. The Kier molecular flexibility index (Phi) is 3.82. The van der Waals surface area contributed by atoms with Crippen molar-refractivity contribution in [2.45, 2.75) is 32.6 Å². The van der Waals surface area contributed by atoms with Crippen LogP contribution < -0.4 is 5.32 Å². The fourth-order valence-electron chi connectivity index (χ4n) is 2.53. The molecule has 6 heteroatoms. The van der Waals surface area contributed by atoms with E-state index in [9.17, 15) is 9.59 Å². The van der Waals surface area contributed by atoms with Crippen LogP contribution in [0.15, 0.2) is 12.1 Å². The van der Waals surface area contributed by atoms with Crippen LogP contribution in [0.25, 0.3) is 0 Å². The monoisotopic (exact) mass is 321 g/mol. The topological polar surface area (TPSA) is 66.4 Å². The van der Waals surface area contributed by atoms with Crippen LogP contribution in [0.5, 0.6) is 0 Å². The summed E-state index contributed by atoms with van der Waals surface area (Å²) >= 11 is 2.65. The molecule has 110 valence electrons. The quantitative estimate of drug-likeness (QED) is 0.899. The average molecular weight is 321 g/mol. The maximum atomic E-state index is 12.3. The van der Waals surface area contributed by atoms with E-state index < -0.39 is 5.97 Å². The zero-order valence-corrected chi connectivity index (χ0v) is 13.2. The van der Waals surface area contributed by atoms with Crippen molar-refractivity contribution in [1.82, 2.24) is 0 Å². The second-order valence-corrected chi connectivity index (χ2v) is 7.34. The van der Waals surface area contributed by atoms with Gasteiger partial charge in [-0.2, -0.15) is 0 Å². The molecule has 0 bridgehead atoms. The molecule has 1 aliphatic rings. The number of aryl methyl sites for hydroxylation is 3. The number of carbonyl (C=O) groups excluding carboxylic acids is 1. The van der Waals surface area contributed by atoms with Crippen molar-refractivity contribution in [3.8, 4) is 0 Å². The van der Waals surface area contributed by atoms with Crippen molar-refractivity contribution in [2.24, 2.45) is 0 Å². The molecule has 0 saturated carbocycles. The molecule has 3 rings (SSSR count). The van der Waals surface area contributed by atoms with Crippen LogP contribution in [0.2, 0.25) is 0 Å². The van der Waals surface area contributed by atoms with Gasteiger partial charge in [0, 0.05) is 4.88 Å². The molecule has 2 heterocycles. The van der Waals surface area contributed by atoms with Crippen molar-refractivity contribution in [3.05, 3.63) is 37.9 Å². The number of amides is 1. The van der Waals surface area contributed by atoms with Gasteiger partial charge in [0.25, 0.3) is 5.91 Å². The Morgan fingerprint density at radius 3 is 2.62 bits per heavy atom. The first-order chi connectivity index (χ1) is 10.0. The number of nitrogens with one attached hydrogen (secondary N) is 1. The van der Waals surface area contributed by atoms with Gasteiger partial charge in [-0.25, -0.2) is 4.79 Å². The molecule has 2 aromatic rings. The van der Waals surface area contributed by atoms with E-state index in [4.69, 9.17) is 5.11 Å². The van der Waals surface area contributed by atoms with Gasteiger partial charge < -0.3 is 10.4 Å². The summed E-state index contributed by atoms with van der Waals surface area (Å²) in [5.41, 5.74) is 1.97. The number of hydrogen-bond acceptors (Lipinski definition) is 4. The van der Waals surface area contributed by atoms with Gasteiger partial charge in [-0.3, -0.25) is 4.79 Å². The summed E-state index contributed by atoms with van der Waals surface area (Å²) in [4.78, 5) is 25.6. The number of rotatable bonds is 3. The SMILES string of the molecule is Cc1cc(NC(=O)c2cc3c(s2)CCCC3)sc1C(=O)O. The van der Waals surface area contributed by atoms with Gasteiger partial charge in [0.1, 0.15) is 4.88 Å². The summed E-state index contributed by atoms with van der Waals surface area (Å²) in [6.07, 6.45) is 4.51. The highest BCUT2D eigenvalue weighted by atomic mass is 32.1. The molecule has 2 N–H and O–H groups in total. The summed E-state index contributed by atoms with van der Waals surface area (Å²) in [6.45, 7) is 1.74. The predicted octanol–water partition coefficient (Wildman–Crippen LogP) is 3.95. The molecule has 0 fully saturated rings. The molecular formula is C15H15NO3S2. The van der Waals surface area contributed by atoms with Gasteiger partial charge in [-0.1, -0.05) is 0 Å². The highest BCUT2D eigenvalue weighted by Crippen LogP contribution is 2.31. The summed E-state index contributed by atoms with van der Waals surface area (Å²) < 4.78 is 0. The summed E-state index contributed by atoms with van der Waals surface area (Å²) in [5, 5.41) is 12.4. The first kappa shape index (κ1) is 14.3. The van der Waals surface area contributed by atoms with Crippen LogP contribution in [0.1, 0.15) is 48.2 Å². The Balaban J connectivity index is 1.78. The lowest BCUT2D eigenvalue weighted by Crippen LogP contribution is -2.08. The van der Waals surface area contributed by atoms with Crippen LogP contribution >= 0.6 is 22.7 Å². The highest BCUT2D eigenvalue weighted by Gasteiger charge is 2.19. The smallest absolute Gasteiger partial charge is 0.346 e. The lowest BCUT2D eigenvalue weighted by Gasteiger charge is -2.08. The molecule has 0 atom stereocenters. The van der Waals surface area contributed by atoms with Gasteiger partial charge in [0.15, 0.2) is 0 Å². The molecule has 0 unspecified atom stereocenters. The van der Waals surface area contributed by atoms with Gasteiger partial charge in [-0.15, -0.1) is 22.7 Å². The van der Waals surface area contributed by atoms with Crippen LogP contribution in [-0.4, -0.2) is 17.0 Å². The van der Waals surface area contributed by atoms with Gasteiger partial charge >= 0.3 is 5.97 Å². The summed E-state index contributed by atoms with van der Waals surface area (Å²) in [7, 11) is 0. The third kappa shape index (κ3) is 2.87. The molecular weight excluding hydrogens is 306 g/mol. The van der Waals surface area contributed by atoms with Gasteiger partial charge in [-0.05, 0) is 55.9 Å². The van der Waals surface area contributed by atoms with Gasteiger partial charge in [0.05, 0.1) is 9.88 Å². The fourth-order valence-corrected chi connectivity index (χ4v) is 4.59. The predicted molar refractivity (Wildman–Crippen MR) is 84.9 cm³/mol. The minimum Gasteiger partial charge on any atom is -0.477 e. The third-order valence-electron chi connectivity index (χ3n) is 3.57. The van der Waals surface area contributed by atoms with Crippen LogP contribution in [-0.2, 0) is 12.8 Å². The average Bonchev–Trinajstić information content (AvgIpc) is 3.02. The van der Waals surface area contributed by atoms with E-state index in [1.54, 1.807) is 24.3 Å². The molecule has 1 amide bonds. The molecule has 4 nitrogen and oxygen atoms in total. The Morgan fingerprint density at radius 1 is 1.19 bits per heavy atom. The van der Waals surface area contributed by atoms with E-state index in [2.05, 4.69) is 5.32 Å². The number of carbonyl (C=O) groups is 2. The van der Waals surface area contributed by atoms with Crippen molar-refractivity contribution < 1.29 is 14.7 Å². The number of hydrogen-bond donors (Lipinski definition) is 2.